The maximum atomic E-state index is 11.7. The van der Waals surface area contributed by atoms with Crippen molar-refractivity contribution in [3.63, 3.8) is 0 Å². The van der Waals surface area contributed by atoms with Gasteiger partial charge in [-0.3, -0.25) is 9.69 Å². The molecule has 0 aromatic heterocycles. The van der Waals surface area contributed by atoms with Gasteiger partial charge in [0.05, 0.1) is 16.0 Å². The van der Waals surface area contributed by atoms with Crippen LogP contribution in [0.2, 0.25) is 10.0 Å². The zero-order valence-corrected chi connectivity index (χ0v) is 15.3. The Hall–Kier alpha value is -0.480. The van der Waals surface area contributed by atoms with E-state index < -0.39 is 5.97 Å². The van der Waals surface area contributed by atoms with E-state index in [2.05, 4.69) is 4.90 Å². The summed E-state index contributed by atoms with van der Waals surface area (Å²) in [6.07, 6.45) is 5.64. The van der Waals surface area contributed by atoms with E-state index in [1.807, 2.05) is 12.1 Å². The lowest BCUT2D eigenvalue weighted by Gasteiger charge is -2.36. The van der Waals surface area contributed by atoms with Crippen molar-refractivity contribution in [2.45, 2.75) is 38.6 Å². The lowest BCUT2D eigenvalue weighted by Crippen LogP contribution is -2.36. The second-order valence-corrected chi connectivity index (χ2v) is 7.55. The Labute approximate surface area is 153 Å². The first-order valence-electron chi connectivity index (χ1n) is 7.89. The molecule has 0 bridgehead atoms. The van der Waals surface area contributed by atoms with Gasteiger partial charge in [-0.15, -0.1) is 12.4 Å². The van der Waals surface area contributed by atoms with Gasteiger partial charge >= 0.3 is 5.97 Å². The number of aliphatic carboxylic acids is 1. The van der Waals surface area contributed by atoms with Crippen LogP contribution < -0.4 is 0 Å². The Morgan fingerprint density at radius 2 is 1.91 bits per heavy atom. The summed E-state index contributed by atoms with van der Waals surface area (Å²) in [6, 6.07) is 5.65. The van der Waals surface area contributed by atoms with Crippen molar-refractivity contribution in [3.05, 3.63) is 33.8 Å². The molecule has 3 nitrogen and oxygen atoms in total. The van der Waals surface area contributed by atoms with Crippen molar-refractivity contribution in [2.75, 3.05) is 13.1 Å². The van der Waals surface area contributed by atoms with Gasteiger partial charge in [0.25, 0.3) is 0 Å². The Kier molecular flexibility index (Phi) is 6.23. The Bertz CT molecular complexity index is 573. The van der Waals surface area contributed by atoms with Crippen molar-refractivity contribution < 1.29 is 9.90 Å². The molecule has 1 unspecified atom stereocenters. The maximum Gasteiger partial charge on any atom is 0.308 e. The molecule has 1 spiro atoms. The molecule has 1 saturated carbocycles. The quantitative estimate of drug-likeness (QED) is 0.814. The highest BCUT2D eigenvalue weighted by Crippen LogP contribution is 2.48. The minimum absolute atomic E-state index is 0. The number of hydrogen-bond acceptors (Lipinski definition) is 2. The molecule has 1 saturated heterocycles. The third kappa shape index (κ3) is 3.96. The van der Waals surface area contributed by atoms with Gasteiger partial charge in [-0.2, -0.15) is 0 Å². The molecule has 23 heavy (non-hydrogen) atoms. The molecule has 1 N–H and O–H groups in total. The zero-order valence-electron chi connectivity index (χ0n) is 12.9. The fourth-order valence-electron chi connectivity index (χ4n) is 4.19. The third-order valence-electron chi connectivity index (χ3n) is 5.26. The molecule has 3 rings (SSSR count). The molecule has 0 radical (unpaired) electrons. The summed E-state index contributed by atoms with van der Waals surface area (Å²) < 4.78 is 0. The van der Waals surface area contributed by atoms with Crippen molar-refractivity contribution in [1.29, 1.82) is 0 Å². The Morgan fingerprint density at radius 1 is 1.22 bits per heavy atom. The highest BCUT2D eigenvalue weighted by Gasteiger charge is 2.50. The number of halogens is 3. The second kappa shape index (κ2) is 7.60. The van der Waals surface area contributed by atoms with Gasteiger partial charge in [-0.25, -0.2) is 0 Å². The van der Waals surface area contributed by atoms with E-state index in [9.17, 15) is 9.90 Å². The van der Waals surface area contributed by atoms with Crippen LogP contribution in [0.3, 0.4) is 0 Å². The number of carboxylic acids is 1. The smallest absolute Gasteiger partial charge is 0.308 e. The van der Waals surface area contributed by atoms with Gasteiger partial charge in [-0.1, -0.05) is 48.5 Å². The molecule has 2 aliphatic rings. The Morgan fingerprint density at radius 3 is 2.52 bits per heavy atom. The van der Waals surface area contributed by atoms with Crippen LogP contribution in [0.5, 0.6) is 0 Å². The van der Waals surface area contributed by atoms with Gasteiger partial charge in [0.2, 0.25) is 0 Å². The van der Waals surface area contributed by atoms with E-state index in [0.29, 0.717) is 16.6 Å². The number of hydrogen-bond donors (Lipinski definition) is 1. The highest BCUT2D eigenvalue weighted by molar-refractivity contribution is 6.42. The molecular formula is C17H22Cl3NO2. The largest absolute Gasteiger partial charge is 0.481 e. The third-order valence-corrected chi connectivity index (χ3v) is 6.00. The molecule has 0 amide bonds. The summed E-state index contributed by atoms with van der Waals surface area (Å²) in [6.45, 7) is 2.25. The maximum absolute atomic E-state index is 11.7. The average molecular weight is 379 g/mol. The summed E-state index contributed by atoms with van der Waals surface area (Å²) in [5.74, 6) is -0.880. The van der Waals surface area contributed by atoms with Crippen LogP contribution in [0, 0.1) is 11.3 Å². The van der Waals surface area contributed by atoms with Crippen LogP contribution in [0.25, 0.3) is 0 Å². The fourth-order valence-corrected chi connectivity index (χ4v) is 4.51. The molecule has 1 aromatic rings. The molecular weight excluding hydrogens is 357 g/mol. The number of carboxylic acid groups (broad SMARTS) is 1. The number of benzene rings is 1. The summed E-state index contributed by atoms with van der Waals surface area (Å²) in [5.41, 5.74) is 1.06. The van der Waals surface area contributed by atoms with Gasteiger partial charge < -0.3 is 5.11 Å². The standard InChI is InChI=1S/C17H21Cl2NO2.ClH/c18-14-5-4-12(8-15(14)19)9-20-10-13(16(21)22)17(11-20)6-2-1-3-7-17;/h4-5,8,13H,1-3,6-7,9-11H2,(H,21,22);1H. The molecule has 128 valence electrons. The van der Waals surface area contributed by atoms with Gasteiger partial charge in [-0.05, 0) is 36.0 Å². The molecule has 1 heterocycles. The fraction of sp³-hybridized carbons (Fsp3) is 0.588. The van der Waals surface area contributed by atoms with Crippen LogP contribution in [-0.4, -0.2) is 29.1 Å². The van der Waals surface area contributed by atoms with Crippen molar-refractivity contribution in [1.82, 2.24) is 4.90 Å². The lowest BCUT2D eigenvalue weighted by atomic mass is 9.68. The summed E-state index contributed by atoms with van der Waals surface area (Å²) in [4.78, 5) is 14.0. The van der Waals surface area contributed by atoms with Crippen LogP contribution in [0.1, 0.15) is 37.7 Å². The second-order valence-electron chi connectivity index (χ2n) is 6.73. The van der Waals surface area contributed by atoms with Gasteiger partial charge in [0, 0.05) is 19.6 Å². The van der Waals surface area contributed by atoms with E-state index in [1.54, 1.807) is 6.07 Å². The number of rotatable bonds is 3. The van der Waals surface area contributed by atoms with Crippen LogP contribution in [0.15, 0.2) is 18.2 Å². The molecule has 2 fully saturated rings. The van der Waals surface area contributed by atoms with E-state index in [0.717, 1.165) is 44.3 Å². The number of carbonyl (C=O) groups is 1. The molecule has 1 aromatic carbocycles. The van der Waals surface area contributed by atoms with E-state index in [-0.39, 0.29) is 23.7 Å². The van der Waals surface area contributed by atoms with E-state index in [4.69, 9.17) is 23.2 Å². The van der Waals surface area contributed by atoms with Crippen molar-refractivity contribution in [3.8, 4) is 0 Å². The number of nitrogens with zero attached hydrogens (tertiary/aromatic N) is 1. The zero-order chi connectivity index (χ0) is 15.7. The van der Waals surface area contributed by atoms with Gasteiger partial charge in [0.1, 0.15) is 0 Å². The van der Waals surface area contributed by atoms with Crippen LogP contribution >= 0.6 is 35.6 Å². The Balaban J connectivity index is 0.00000192. The average Bonchev–Trinajstić information content (AvgIpc) is 2.82. The van der Waals surface area contributed by atoms with Gasteiger partial charge in [0.15, 0.2) is 0 Å². The highest BCUT2D eigenvalue weighted by atomic mass is 35.5. The first-order chi connectivity index (χ1) is 10.5. The topological polar surface area (TPSA) is 40.5 Å². The first kappa shape index (κ1) is 18.9. The summed E-state index contributed by atoms with van der Waals surface area (Å²) in [7, 11) is 0. The van der Waals surface area contributed by atoms with Crippen LogP contribution in [-0.2, 0) is 11.3 Å². The lowest BCUT2D eigenvalue weighted by molar-refractivity contribution is -0.145. The number of likely N-dealkylation sites (tertiary alicyclic amines) is 1. The van der Waals surface area contributed by atoms with E-state index >= 15 is 0 Å². The monoisotopic (exact) mass is 377 g/mol. The predicted molar refractivity (Wildman–Crippen MR) is 95.6 cm³/mol. The normalized spacial score (nSPS) is 23.7. The summed E-state index contributed by atoms with van der Waals surface area (Å²) in [5, 5.41) is 10.7. The minimum Gasteiger partial charge on any atom is -0.481 e. The van der Waals surface area contributed by atoms with E-state index in [1.165, 1.54) is 6.42 Å². The molecule has 1 aliphatic carbocycles. The molecule has 1 aliphatic heterocycles. The van der Waals surface area contributed by atoms with Crippen molar-refractivity contribution in [2.24, 2.45) is 11.3 Å². The first-order valence-corrected chi connectivity index (χ1v) is 8.65. The molecule has 1 atom stereocenters. The van der Waals surface area contributed by atoms with Crippen LogP contribution in [0.4, 0.5) is 0 Å². The van der Waals surface area contributed by atoms with Crippen molar-refractivity contribution >= 4 is 41.6 Å². The minimum atomic E-state index is -0.640. The summed E-state index contributed by atoms with van der Waals surface area (Å²) >= 11 is 12.0. The predicted octanol–water partition coefficient (Wildman–Crippen LogP) is 4.88. The molecule has 6 heteroatoms. The SMILES string of the molecule is Cl.O=C(O)C1CN(Cc2ccc(Cl)c(Cl)c2)CC12CCCCC2.